The molecule has 0 unspecified atom stereocenters. The lowest BCUT2D eigenvalue weighted by Gasteiger charge is -2.42. The number of aliphatic hydroxyl groups is 2. The first-order chi connectivity index (χ1) is 45.2. The zero-order valence-corrected chi connectivity index (χ0v) is 55.8. The van der Waals surface area contributed by atoms with Crippen LogP contribution in [-0.4, -0.2) is 149 Å². The molecule has 3 heterocycles. The second-order valence-electron chi connectivity index (χ2n) is 25.8. The Kier molecular flexibility index (Phi) is 28.5. The van der Waals surface area contributed by atoms with Gasteiger partial charge in [-0.05, 0) is 68.7 Å². The van der Waals surface area contributed by atoms with Crippen LogP contribution in [0.4, 0.5) is 15.3 Å². The lowest BCUT2D eigenvalue weighted by Crippen LogP contribution is -2.52. The number of phenols is 2. The summed E-state index contributed by atoms with van der Waals surface area (Å²) in [5, 5.41) is 50.2. The molecule has 518 valence electrons. The Morgan fingerprint density at radius 1 is 0.819 bits per heavy atom. The van der Waals surface area contributed by atoms with E-state index in [1.807, 2.05) is 13.8 Å². The summed E-state index contributed by atoms with van der Waals surface area (Å²) in [7, 11) is 1.32. The van der Waals surface area contributed by atoms with Crippen LogP contribution in [0.25, 0.3) is 0 Å². The average Bonchev–Trinajstić information content (AvgIpc) is 1.17. The third-order valence-electron chi connectivity index (χ3n) is 18.3. The van der Waals surface area contributed by atoms with Gasteiger partial charge in [-0.1, -0.05) is 149 Å². The number of esters is 2. The third kappa shape index (κ3) is 19.1. The molecule has 23 nitrogen and oxygen atoms in total. The van der Waals surface area contributed by atoms with Gasteiger partial charge in [-0.2, -0.15) is 0 Å². The Morgan fingerprint density at radius 3 is 2.13 bits per heavy atom. The van der Waals surface area contributed by atoms with Gasteiger partial charge < -0.3 is 63.6 Å². The summed E-state index contributed by atoms with van der Waals surface area (Å²) in [4.78, 5) is 104. The molecule has 0 saturated carbocycles. The molecule has 94 heavy (non-hydrogen) atoms. The van der Waals surface area contributed by atoms with Gasteiger partial charge in [0.05, 0.1) is 54.6 Å². The number of benzene rings is 3. The van der Waals surface area contributed by atoms with E-state index < -0.39 is 114 Å². The number of fused-ring (bicyclic) bond motifs is 4. The maximum atomic E-state index is 14.0. The van der Waals surface area contributed by atoms with Crippen LogP contribution in [0.15, 0.2) is 42.5 Å². The number of amides is 3. The molecule has 2 aliphatic carbocycles. The average molecular weight is 1310 g/mol. The van der Waals surface area contributed by atoms with E-state index in [-0.39, 0.29) is 83.7 Å². The van der Waals surface area contributed by atoms with Crippen molar-refractivity contribution in [1.29, 1.82) is 0 Å². The van der Waals surface area contributed by atoms with Gasteiger partial charge in [0, 0.05) is 48.1 Å². The van der Waals surface area contributed by atoms with Gasteiger partial charge in [0.25, 0.3) is 0 Å². The summed E-state index contributed by atoms with van der Waals surface area (Å²) < 4.78 is 46.0. The van der Waals surface area contributed by atoms with Crippen molar-refractivity contribution >= 4 is 53.6 Å². The summed E-state index contributed by atoms with van der Waals surface area (Å²) in [5.41, 5.74) is -2.76. The van der Waals surface area contributed by atoms with Gasteiger partial charge in [0.1, 0.15) is 67.1 Å². The highest BCUT2D eigenvalue weighted by atomic mass is 16.7. The number of ether oxygens (including phenoxy) is 8. The molecule has 3 fully saturated rings. The number of methoxy groups -OCH3 is 1. The van der Waals surface area contributed by atoms with Crippen LogP contribution in [-0.2, 0) is 65.4 Å². The molecule has 3 saturated heterocycles. The number of phenolic OH excluding ortho intramolecular Hbond substituents is 2. The first-order valence-corrected chi connectivity index (χ1v) is 33.9. The summed E-state index contributed by atoms with van der Waals surface area (Å²) in [5.74, 6) is -4.27. The Bertz CT molecular complexity index is 3060. The Hall–Kier alpha value is -7.18. The molecular weight excluding hydrogens is 1210 g/mol. The lowest BCUT2D eigenvalue weighted by atomic mass is 9.72. The molecule has 3 aliphatic heterocycles. The predicted octanol–water partition coefficient (Wildman–Crippen LogP) is 11.3. The molecule has 0 spiro atoms. The minimum absolute atomic E-state index is 0.00307. The monoisotopic (exact) mass is 1310 g/mol. The first kappa shape index (κ1) is 74.2. The van der Waals surface area contributed by atoms with Crippen LogP contribution < -0.4 is 15.4 Å². The van der Waals surface area contributed by atoms with Crippen molar-refractivity contribution in [3.63, 3.8) is 0 Å². The number of carbonyl (C=O) groups is 8. The minimum Gasteiger partial charge on any atom is -0.507 e. The minimum atomic E-state index is -2.33. The maximum absolute atomic E-state index is 14.0. The Labute approximate surface area is 551 Å². The predicted molar refractivity (Wildman–Crippen MR) is 345 cm³/mol. The molecule has 6 N–H and O–H groups in total. The zero-order chi connectivity index (χ0) is 68.1. The summed E-state index contributed by atoms with van der Waals surface area (Å²) in [6, 6.07) is 9.77. The van der Waals surface area contributed by atoms with Crippen LogP contribution in [0, 0.1) is 11.8 Å². The van der Waals surface area contributed by atoms with Gasteiger partial charge in [-0.3, -0.25) is 34.2 Å². The molecule has 0 bridgehead atoms. The molecule has 3 amide bonds. The molecule has 0 radical (unpaired) electrons. The smallest absolute Gasteiger partial charge is 0.412 e. The van der Waals surface area contributed by atoms with Crippen LogP contribution in [0.5, 0.6) is 17.2 Å². The number of aliphatic hydroxyl groups excluding tert-OH is 1. The Morgan fingerprint density at radius 2 is 1.48 bits per heavy atom. The summed E-state index contributed by atoms with van der Waals surface area (Å²) in [6.07, 6.45) is 15.0. The highest BCUT2D eigenvalue weighted by Gasteiger charge is 2.53. The number of nitrogens with zero attached hydrogens (tertiary/aromatic N) is 1. The van der Waals surface area contributed by atoms with E-state index in [0.717, 1.165) is 57.8 Å². The quantitative estimate of drug-likeness (QED) is 0.00819. The van der Waals surface area contributed by atoms with Gasteiger partial charge in [-0.25, -0.2) is 14.4 Å². The fourth-order valence-electron chi connectivity index (χ4n) is 13.2. The topological polar surface area (TPSA) is 319 Å². The number of hydrogen-bond acceptors (Lipinski definition) is 20. The van der Waals surface area contributed by atoms with Crippen LogP contribution in [0.1, 0.15) is 237 Å². The van der Waals surface area contributed by atoms with Crippen LogP contribution >= 0.6 is 0 Å². The number of cyclic esters (lactones) is 1. The van der Waals surface area contributed by atoms with Gasteiger partial charge >= 0.3 is 24.1 Å². The number of Topliss-reactive ketones (excluding diaryl/α,β-unsaturated/α-hetero) is 1. The number of hydrogen-bond donors (Lipinski definition) is 6. The molecule has 3 aromatic carbocycles. The second kappa shape index (κ2) is 36.1. The fraction of sp³-hybridized carbons (Fsp3) is 0.634. The first-order valence-electron chi connectivity index (χ1n) is 33.9. The van der Waals surface area contributed by atoms with Crippen molar-refractivity contribution in [1.82, 2.24) is 10.2 Å². The van der Waals surface area contributed by atoms with Crippen LogP contribution in [0.3, 0.4) is 0 Å². The number of ketones is 3. The number of unbranched alkanes of at least 4 members (excludes halogenated alkanes) is 13. The van der Waals surface area contributed by atoms with Gasteiger partial charge in [0.2, 0.25) is 12.2 Å². The van der Waals surface area contributed by atoms with Gasteiger partial charge in [0.15, 0.2) is 17.9 Å². The number of aromatic hydroxyl groups is 2. The van der Waals surface area contributed by atoms with Crippen molar-refractivity contribution in [3.8, 4) is 17.2 Å². The molecule has 23 heteroatoms. The SMILES string of the molecule is CCCCCCCCCCC[C@@H](C[C@@H]1OC(=O)[C@H]1CCCCCC)OC(=O)[C@H](CC(C)C)NC=O.CCCCCOC(=O)Nc1ccc(COC(=O)N2CO[C@@H]3[C@H](C)O[C@@H](O[C@H]4C[C@](O)(C(=O)CO)Cc5c(O)c6c(c(O)c54)C(=O)c4c(OC)cccc4C6=O)C[C@@H]32)cc1. The maximum Gasteiger partial charge on any atom is 0.412 e. The van der Waals surface area contributed by atoms with Crippen molar-refractivity contribution in [3.05, 3.63) is 81.4 Å². The number of carbonyl (C=O) groups excluding carboxylic acids is 8. The zero-order valence-electron chi connectivity index (χ0n) is 55.8. The molecule has 3 aromatic rings. The van der Waals surface area contributed by atoms with E-state index in [1.165, 1.54) is 88.0 Å². The summed E-state index contributed by atoms with van der Waals surface area (Å²) >= 11 is 0. The third-order valence-corrected chi connectivity index (χ3v) is 18.3. The van der Waals surface area contributed by atoms with E-state index in [2.05, 4.69) is 31.4 Å². The molecular formula is C71H99N3O20. The molecule has 0 aromatic heterocycles. The largest absolute Gasteiger partial charge is 0.507 e. The van der Waals surface area contributed by atoms with Crippen molar-refractivity contribution in [2.45, 2.75) is 250 Å². The normalized spacial score (nSPS) is 22.4. The van der Waals surface area contributed by atoms with E-state index in [4.69, 9.17) is 37.9 Å². The highest BCUT2D eigenvalue weighted by Crippen LogP contribution is 2.53. The van der Waals surface area contributed by atoms with Crippen molar-refractivity contribution < 1.29 is 96.7 Å². The molecule has 10 atom stereocenters. The lowest BCUT2D eigenvalue weighted by molar-refractivity contribution is -0.246. The van der Waals surface area contributed by atoms with E-state index >= 15 is 0 Å². The van der Waals surface area contributed by atoms with E-state index in [1.54, 1.807) is 31.2 Å². The Balaban J connectivity index is 0.000000306. The number of nitrogens with one attached hydrogen (secondary N) is 2. The van der Waals surface area contributed by atoms with E-state index in [9.17, 15) is 58.8 Å². The summed E-state index contributed by atoms with van der Waals surface area (Å²) in [6.45, 7) is 11.2. The highest BCUT2D eigenvalue weighted by molar-refractivity contribution is 6.31. The van der Waals surface area contributed by atoms with Gasteiger partial charge in [-0.15, -0.1) is 0 Å². The van der Waals surface area contributed by atoms with Crippen molar-refractivity contribution in [2.75, 3.05) is 32.4 Å². The van der Waals surface area contributed by atoms with E-state index in [0.29, 0.717) is 37.1 Å². The molecule has 5 aliphatic rings. The fourth-order valence-corrected chi connectivity index (χ4v) is 13.2. The number of rotatable bonds is 35. The number of anilines is 1. The standard InChI is InChI=1S/C42H46N2O15.C29H53NO5/c1-4-5-6-14-55-40(51)43-23-12-10-22(11-13-23)19-56-41(52)44-20-57-39-21(2)58-30(15-26(39)44)59-28-17-42(53,29(46)18-45)16-25-32(28)38(50)34-33(36(25)48)35(47)24-8-7-9-27(54-3)31(24)37(34)49;1-5-7-9-11-12-13-14-15-16-18-24(34-29(33)26(30-22-31)20-23(3)4)21-27-25(28(32)35-27)19-17-10-8-6-2/h7-13,21,26,28,30,39,45,48,50,53H,4-6,14-20H2,1-3H3,(H,43,51);22-27H,5-21H2,1-4H3,(H,30,31)/t21-,26-,28-,30-,39+,42-;24-,25-,26-,27-/m00/s1. The van der Waals surface area contributed by atoms with Crippen LogP contribution in [0.2, 0.25) is 0 Å². The second-order valence-corrected chi connectivity index (χ2v) is 25.8. The van der Waals surface area contributed by atoms with Crippen molar-refractivity contribution in [2.24, 2.45) is 11.8 Å². The molecule has 8 rings (SSSR count).